The molecule has 0 heterocycles. The van der Waals surface area contributed by atoms with Gasteiger partial charge < -0.3 is 25.6 Å². The van der Waals surface area contributed by atoms with Gasteiger partial charge in [0.2, 0.25) is 5.91 Å². The Morgan fingerprint density at radius 2 is 1.84 bits per heavy atom. The van der Waals surface area contributed by atoms with Crippen LogP contribution in [0, 0.1) is 11.8 Å². The van der Waals surface area contributed by atoms with Gasteiger partial charge in [-0.3, -0.25) is 4.79 Å². The SMILES string of the molecule is CC(C)CN(C(=O)OC(C)(C)C)[C@@H](CC1CCCCC1)[C@@H](O)C[C@@](O)(CN=[N+]=[N-])C(N)=O. The monoisotopic (exact) mass is 455 g/mol. The highest BCUT2D eigenvalue weighted by atomic mass is 16.6. The molecule has 3 atom stereocenters. The van der Waals surface area contributed by atoms with Crippen molar-refractivity contribution in [3.05, 3.63) is 10.4 Å². The highest BCUT2D eigenvalue weighted by Gasteiger charge is 2.42. The van der Waals surface area contributed by atoms with Crippen molar-refractivity contribution in [2.45, 2.75) is 103 Å². The van der Waals surface area contributed by atoms with Crippen LogP contribution in [0.15, 0.2) is 5.11 Å². The summed E-state index contributed by atoms with van der Waals surface area (Å²) in [4.78, 5) is 29.1. The average Bonchev–Trinajstić information content (AvgIpc) is 2.68. The first-order valence-electron chi connectivity index (χ1n) is 11.5. The quantitative estimate of drug-likeness (QED) is 0.246. The summed E-state index contributed by atoms with van der Waals surface area (Å²) in [6.07, 6.45) is 3.58. The number of nitrogens with zero attached hydrogens (tertiary/aromatic N) is 4. The van der Waals surface area contributed by atoms with Gasteiger partial charge in [-0.25, -0.2) is 4.79 Å². The molecule has 0 aromatic carbocycles. The molecule has 0 radical (unpaired) electrons. The second kappa shape index (κ2) is 12.3. The lowest BCUT2D eigenvalue weighted by atomic mass is 9.81. The number of azide groups is 1. The lowest BCUT2D eigenvalue weighted by Gasteiger charge is -2.40. The lowest BCUT2D eigenvalue weighted by molar-refractivity contribution is -0.139. The van der Waals surface area contributed by atoms with Crippen molar-refractivity contribution >= 4 is 12.0 Å². The van der Waals surface area contributed by atoms with E-state index < -0.39 is 48.3 Å². The van der Waals surface area contributed by atoms with E-state index in [2.05, 4.69) is 10.0 Å². The molecule has 1 aliphatic rings. The molecule has 4 N–H and O–H groups in total. The highest BCUT2D eigenvalue weighted by molar-refractivity contribution is 5.83. The van der Waals surface area contributed by atoms with Crippen LogP contribution in [-0.4, -0.2) is 63.6 Å². The standard InChI is InChI=1S/C22H41N5O5/c1-15(2)13-27(20(30)32-21(3,4)5)17(11-16-9-7-6-8-10-16)18(28)12-22(31,19(23)29)14-25-26-24/h15-18,28,31H,6-14H2,1-5H3,(H2,23,29)/t17-,18-,22+/m0/s1. The van der Waals surface area contributed by atoms with Crippen molar-refractivity contribution in [3.63, 3.8) is 0 Å². The first-order chi connectivity index (χ1) is 14.8. The van der Waals surface area contributed by atoms with E-state index in [9.17, 15) is 19.8 Å². The number of primary amides is 1. The van der Waals surface area contributed by atoms with Crippen LogP contribution in [0.1, 0.15) is 79.6 Å². The number of aliphatic hydroxyl groups is 2. The smallest absolute Gasteiger partial charge is 0.410 e. The minimum absolute atomic E-state index is 0.0989. The topological polar surface area (TPSA) is 162 Å². The van der Waals surface area contributed by atoms with Crippen LogP contribution in [0.5, 0.6) is 0 Å². The van der Waals surface area contributed by atoms with Crippen molar-refractivity contribution in [1.82, 2.24) is 4.90 Å². The molecule has 0 aromatic rings. The number of hydrogen-bond donors (Lipinski definition) is 3. The molecule has 1 saturated carbocycles. The summed E-state index contributed by atoms with van der Waals surface area (Å²) in [6, 6.07) is -0.688. The van der Waals surface area contributed by atoms with Gasteiger partial charge in [0.25, 0.3) is 0 Å². The van der Waals surface area contributed by atoms with Crippen molar-refractivity contribution < 1.29 is 24.5 Å². The van der Waals surface area contributed by atoms with E-state index in [1.54, 1.807) is 20.8 Å². The third kappa shape index (κ3) is 9.22. The number of carbonyl (C=O) groups is 2. The number of hydrogen-bond acceptors (Lipinski definition) is 6. The number of carbonyl (C=O) groups excluding carboxylic acids is 2. The van der Waals surface area contributed by atoms with Crippen molar-refractivity contribution in [1.29, 1.82) is 0 Å². The van der Waals surface area contributed by atoms with E-state index in [0.29, 0.717) is 18.9 Å². The minimum Gasteiger partial charge on any atom is -0.444 e. The van der Waals surface area contributed by atoms with Crippen LogP contribution >= 0.6 is 0 Å². The van der Waals surface area contributed by atoms with E-state index in [4.69, 9.17) is 16.0 Å². The predicted octanol–water partition coefficient (Wildman–Crippen LogP) is 3.50. The van der Waals surface area contributed by atoms with Crippen LogP contribution in [0.3, 0.4) is 0 Å². The first-order valence-corrected chi connectivity index (χ1v) is 11.5. The fourth-order valence-electron chi connectivity index (χ4n) is 4.19. The molecular formula is C22H41N5O5. The van der Waals surface area contributed by atoms with E-state index in [-0.39, 0.29) is 5.92 Å². The van der Waals surface area contributed by atoms with E-state index in [1.165, 1.54) is 11.3 Å². The van der Waals surface area contributed by atoms with E-state index in [1.807, 2.05) is 13.8 Å². The number of nitrogens with two attached hydrogens (primary N) is 1. The fourth-order valence-corrected chi connectivity index (χ4v) is 4.19. The van der Waals surface area contributed by atoms with Crippen molar-refractivity contribution in [2.24, 2.45) is 22.7 Å². The molecule has 0 bridgehead atoms. The molecule has 2 amide bonds. The molecule has 1 aliphatic carbocycles. The van der Waals surface area contributed by atoms with Gasteiger partial charge in [0.1, 0.15) is 5.60 Å². The summed E-state index contributed by atoms with van der Waals surface area (Å²) in [6.45, 7) is 8.99. The Hall–Kier alpha value is -2.03. The molecule has 0 aromatic heterocycles. The van der Waals surface area contributed by atoms with Gasteiger partial charge >= 0.3 is 6.09 Å². The highest BCUT2D eigenvalue weighted by Crippen LogP contribution is 2.32. The first kappa shape index (κ1) is 28.0. The molecule has 10 nitrogen and oxygen atoms in total. The molecule has 0 unspecified atom stereocenters. The summed E-state index contributed by atoms with van der Waals surface area (Å²) in [5, 5.41) is 25.2. The molecule has 0 aliphatic heterocycles. The summed E-state index contributed by atoms with van der Waals surface area (Å²) in [7, 11) is 0. The molecule has 1 rings (SSSR count). The van der Waals surface area contributed by atoms with Crippen LogP contribution in [0.4, 0.5) is 4.79 Å². The number of ether oxygens (including phenoxy) is 1. The normalized spacial score (nSPS) is 18.9. The maximum atomic E-state index is 13.1. The summed E-state index contributed by atoms with van der Waals surface area (Å²) < 4.78 is 5.62. The Balaban J connectivity index is 3.27. The van der Waals surface area contributed by atoms with Crippen molar-refractivity contribution in [2.75, 3.05) is 13.1 Å². The molecular weight excluding hydrogens is 414 g/mol. The van der Waals surface area contributed by atoms with Gasteiger partial charge in [-0.15, -0.1) is 0 Å². The largest absolute Gasteiger partial charge is 0.444 e. The Morgan fingerprint density at radius 3 is 2.31 bits per heavy atom. The Bertz CT molecular complexity index is 668. The number of amides is 2. The molecule has 0 spiro atoms. The van der Waals surface area contributed by atoms with Gasteiger partial charge in [-0.1, -0.05) is 51.1 Å². The maximum Gasteiger partial charge on any atom is 0.410 e. The molecule has 184 valence electrons. The maximum absolute atomic E-state index is 13.1. The van der Waals surface area contributed by atoms with Crippen molar-refractivity contribution in [3.8, 4) is 0 Å². The summed E-state index contributed by atoms with van der Waals surface area (Å²) in [5.74, 6) is -0.686. The molecule has 1 fully saturated rings. The zero-order valence-electron chi connectivity index (χ0n) is 20.2. The van der Waals surface area contributed by atoms with Crippen LogP contribution in [0.2, 0.25) is 0 Å². The Morgan fingerprint density at radius 1 is 1.25 bits per heavy atom. The summed E-state index contributed by atoms with van der Waals surface area (Å²) in [5.41, 5.74) is 11.0. The fraction of sp³-hybridized carbons (Fsp3) is 0.909. The molecule has 10 heteroatoms. The zero-order valence-corrected chi connectivity index (χ0v) is 20.2. The van der Waals surface area contributed by atoms with Gasteiger partial charge in [-0.2, -0.15) is 0 Å². The second-order valence-corrected chi connectivity index (χ2v) is 10.4. The van der Waals surface area contributed by atoms with Crippen LogP contribution in [0.25, 0.3) is 10.4 Å². The van der Waals surface area contributed by atoms with Gasteiger partial charge in [0.05, 0.1) is 18.7 Å². The van der Waals surface area contributed by atoms with Gasteiger partial charge in [-0.05, 0) is 44.6 Å². The van der Waals surface area contributed by atoms with Crippen LogP contribution < -0.4 is 5.73 Å². The van der Waals surface area contributed by atoms with Gasteiger partial charge in [0.15, 0.2) is 5.60 Å². The molecule has 0 saturated heterocycles. The second-order valence-electron chi connectivity index (χ2n) is 10.4. The minimum atomic E-state index is -2.21. The predicted molar refractivity (Wildman–Crippen MR) is 122 cm³/mol. The van der Waals surface area contributed by atoms with E-state index >= 15 is 0 Å². The average molecular weight is 456 g/mol. The Labute approximate surface area is 191 Å². The number of rotatable bonds is 11. The summed E-state index contributed by atoms with van der Waals surface area (Å²) >= 11 is 0. The third-order valence-electron chi connectivity index (χ3n) is 5.73. The Kier molecular flexibility index (Phi) is 10.7. The molecule has 32 heavy (non-hydrogen) atoms. The lowest BCUT2D eigenvalue weighted by Crippen LogP contribution is -2.55. The number of aliphatic hydroxyl groups excluding tert-OH is 1. The zero-order chi connectivity index (χ0) is 24.5. The van der Waals surface area contributed by atoms with E-state index in [0.717, 1.165) is 25.7 Å². The van der Waals surface area contributed by atoms with Gasteiger partial charge in [0, 0.05) is 17.9 Å². The third-order valence-corrected chi connectivity index (χ3v) is 5.73. The van der Waals surface area contributed by atoms with Crippen LogP contribution in [-0.2, 0) is 9.53 Å².